The summed E-state index contributed by atoms with van der Waals surface area (Å²) in [5, 5.41) is 10.1. The second kappa shape index (κ2) is 9.75. The molecule has 1 nitrogen and oxygen atoms in total. The molecule has 0 fully saturated rings. The third-order valence-corrected chi connectivity index (χ3v) is 11.8. The third-order valence-electron chi connectivity index (χ3n) is 5.51. The van der Waals surface area contributed by atoms with Gasteiger partial charge in [-0.15, -0.1) is 5.54 Å². The van der Waals surface area contributed by atoms with Crippen LogP contribution in [0.15, 0.2) is 16.9 Å². The van der Waals surface area contributed by atoms with Crippen molar-refractivity contribution in [2.45, 2.75) is 119 Å². The van der Waals surface area contributed by atoms with Crippen molar-refractivity contribution in [3.8, 4) is 23.3 Å². The monoisotopic (exact) mass is 414 g/mol. The van der Waals surface area contributed by atoms with E-state index in [1.165, 1.54) is 0 Å². The molecule has 0 aromatic rings. The first kappa shape index (κ1) is 27.8. The zero-order valence-corrected chi connectivity index (χ0v) is 22.7. The molecular weight excluding hydrogens is 368 g/mol. The van der Waals surface area contributed by atoms with Crippen molar-refractivity contribution in [1.29, 1.82) is 0 Å². The van der Waals surface area contributed by atoms with E-state index in [2.05, 4.69) is 112 Å². The van der Waals surface area contributed by atoms with Gasteiger partial charge in [0.15, 0.2) is 0 Å². The highest BCUT2D eigenvalue weighted by atomic mass is 28.3. The summed E-state index contributed by atoms with van der Waals surface area (Å²) in [6, 6.07) is 0. The molecule has 2 heteroatoms. The number of hydrogen-bond donors (Lipinski definition) is 1. The lowest BCUT2D eigenvalue weighted by Crippen LogP contribution is -2.43. The molecule has 0 aromatic carbocycles. The standard InChI is InChI=1S/C27H46OSi/c1-20(2)29(21(3)4,22(5)6)18-16-24(26(10,11)12)19-23(25(7,8)9)15-17-27(13,14)28/h20-22,28H,1-14H3. The van der Waals surface area contributed by atoms with Crippen LogP contribution in [0.3, 0.4) is 0 Å². The van der Waals surface area contributed by atoms with E-state index in [9.17, 15) is 5.11 Å². The quantitative estimate of drug-likeness (QED) is 0.287. The molecule has 0 unspecified atom stereocenters. The van der Waals surface area contributed by atoms with E-state index in [1.807, 2.05) is 0 Å². The fourth-order valence-corrected chi connectivity index (χ4v) is 8.96. The normalized spacial score (nSPS) is 12.9. The number of rotatable bonds is 3. The second-order valence-electron chi connectivity index (χ2n) is 11.8. The highest BCUT2D eigenvalue weighted by molar-refractivity contribution is 6.90. The fourth-order valence-electron chi connectivity index (χ4n) is 3.76. The Hall–Kier alpha value is -1.18. The van der Waals surface area contributed by atoms with Gasteiger partial charge in [0.25, 0.3) is 0 Å². The predicted molar refractivity (Wildman–Crippen MR) is 132 cm³/mol. The van der Waals surface area contributed by atoms with Gasteiger partial charge < -0.3 is 5.11 Å². The Labute approximate surface area is 183 Å². The van der Waals surface area contributed by atoms with E-state index in [0.717, 1.165) is 11.1 Å². The van der Waals surface area contributed by atoms with Crippen molar-refractivity contribution >= 4 is 8.07 Å². The van der Waals surface area contributed by atoms with Crippen LogP contribution >= 0.6 is 0 Å². The smallest absolute Gasteiger partial charge is 0.146 e. The molecule has 1 N–H and O–H groups in total. The van der Waals surface area contributed by atoms with Gasteiger partial charge in [-0.2, -0.15) is 0 Å². The molecule has 164 valence electrons. The minimum Gasteiger partial charge on any atom is -0.378 e. The maximum atomic E-state index is 10.1. The first-order valence-electron chi connectivity index (χ1n) is 11.1. The Bertz CT molecular complexity index is 723. The van der Waals surface area contributed by atoms with E-state index >= 15 is 0 Å². The van der Waals surface area contributed by atoms with Gasteiger partial charge in [-0.25, -0.2) is 0 Å². The summed E-state index contributed by atoms with van der Waals surface area (Å²) in [4.78, 5) is 0. The zero-order valence-electron chi connectivity index (χ0n) is 21.7. The fraction of sp³-hybridized carbons (Fsp3) is 0.741. The van der Waals surface area contributed by atoms with Crippen molar-refractivity contribution in [3.63, 3.8) is 0 Å². The number of allylic oxidation sites excluding steroid dienone is 1. The largest absolute Gasteiger partial charge is 0.378 e. The van der Waals surface area contributed by atoms with Crippen molar-refractivity contribution in [3.05, 3.63) is 16.9 Å². The zero-order chi connectivity index (χ0) is 23.4. The summed E-state index contributed by atoms with van der Waals surface area (Å²) in [7, 11) is -1.82. The molecule has 0 heterocycles. The topological polar surface area (TPSA) is 20.2 Å². The van der Waals surface area contributed by atoms with E-state index < -0.39 is 13.7 Å². The molecule has 29 heavy (non-hydrogen) atoms. The molecule has 0 saturated carbocycles. The van der Waals surface area contributed by atoms with E-state index in [1.54, 1.807) is 13.8 Å². The van der Waals surface area contributed by atoms with E-state index in [0.29, 0.717) is 16.6 Å². The molecule has 0 spiro atoms. The molecule has 0 aliphatic carbocycles. The maximum absolute atomic E-state index is 10.1. The first-order chi connectivity index (χ1) is 12.7. The van der Waals surface area contributed by atoms with Gasteiger partial charge in [0.1, 0.15) is 13.7 Å². The summed E-state index contributed by atoms with van der Waals surface area (Å²) in [6.45, 7) is 30.4. The van der Waals surface area contributed by atoms with Crippen LogP contribution in [0.4, 0.5) is 0 Å². The average Bonchev–Trinajstić information content (AvgIpc) is 2.44. The van der Waals surface area contributed by atoms with Gasteiger partial charge in [0.05, 0.1) is 5.57 Å². The minimum absolute atomic E-state index is 0.120. The summed E-state index contributed by atoms with van der Waals surface area (Å²) in [6.07, 6.45) is 0. The van der Waals surface area contributed by atoms with Crippen LogP contribution in [-0.4, -0.2) is 18.8 Å². The van der Waals surface area contributed by atoms with Crippen LogP contribution in [0.25, 0.3) is 0 Å². The summed E-state index contributed by atoms with van der Waals surface area (Å²) in [5.74, 6) is 9.77. The highest BCUT2D eigenvalue weighted by Crippen LogP contribution is 2.41. The summed E-state index contributed by atoms with van der Waals surface area (Å²) >= 11 is 0. The molecule has 0 amide bonds. The second-order valence-corrected chi connectivity index (χ2v) is 17.4. The van der Waals surface area contributed by atoms with Gasteiger partial charge in [-0.05, 0) is 30.5 Å². The lowest BCUT2D eigenvalue weighted by atomic mass is 9.82. The van der Waals surface area contributed by atoms with E-state index in [4.69, 9.17) is 0 Å². The van der Waals surface area contributed by atoms with Crippen molar-refractivity contribution in [1.82, 2.24) is 0 Å². The first-order valence-corrected chi connectivity index (χ1v) is 13.3. The van der Waals surface area contributed by atoms with Crippen LogP contribution in [0, 0.1) is 34.1 Å². The summed E-state index contributed by atoms with van der Waals surface area (Å²) < 4.78 is 0. The van der Waals surface area contributed by atoms with Gasteiger partial charge in [0, 0.05) is 16.4 Å². The van der Waals surface area contributed by atoms with Crippen LogP contribution in [0.1, 0.15) is 96.9 Å². The Morgan fingerprint density at radius 3 is 1.28 bits per heavy atom. The minimum atomic E-state index is -1.82. The van der Waals surface area contributed by atoms with Crippen LogP contribution in [0.2, 0.25) is 16.6 Å². The van der Waals surface area contributed by atoms with Gasteiger partial charge >= 0.3 is 0 Å². The SMILES string of the molecule is CC(C)[Si](C#CC(=C=C(C#CC(C)(C)O)C(C)(C)C)C(C)(C)C)(C(C)C)C(C)C. The third kappa shape index (κ3) is 8.22. The Morgan fingerprint density at radius 1 is 0.655 bits per heavy atom. The molecule has 0 aromatic heterocycles. The number of aliphatic hydroxyl groups is 1. The van der Waals surface area contributed by atoms with Gasteiger partial charge in [-0.3, -0.25) is 0 Å². The predicted octanol–water partition coefficient (Wildman–Crippen LogP) is 7.53. The van der Waals surface area contributed by atoms with Crippen LogP contribution in [-0.2, 0) is 0 Å². The van der Waals surface area contributed by atoms with Crippen molar-refractivity contribution in [2.75, 3.05) is 0 Å². The van der Waals surface area contributed by atoms with Crippen LogP contribution in [0.5, 0.6) is 0 Å². The van der Waals surface area contributed by atoms with Gasteiger partial charge in [0.2, 0.25) is 0 Å². The highest BCUT2D eigenvalue weighted by Gasteiger charge is 2.41. The molecule has 0 bridgehead atoms. The molecule has 0 radical (unpaired) electrons. The Morgan fingerprint density at radius 2 is 1.00 bits per heavy atom. The molecular formula is C27H46OSi. The van der Waals surface area contributed by atoms with Crippen LogP contribution < -0.4 is 0 Å². The summed E-state index contributed by atoms with van der Waals surface area (Å²) in [5.41, 5.74) is 9.81. The molecule has 0 aliphatic heterocycles. The van der Waals surface area contributed by atoms with E-state index in [-0.39, 0.29) is 10.8 Å². The average molecular weight is 415 g/mol. The lowest BCUT2D eigenvalue weighted by Gasteiger charge is -2.38. The lowest BCUT2D eigenvalue weighted by molar-refractivity contribution is 0.143. The number of hydrogen-bond acceptors (Lipinski definition) is 1. The van der Waals surface area contributed by atoms with Crippen molar-refractivity contribution in [2.24, 2.45) is 10.8 Å². The molecule has 0 rings (SSSR count). The Kier molecular flexibility index (Phi) is 9.35. The maximum Gasteiger partial charge on any atom is 0.146 e. The molecule has 0 aliphatic rings. The van der Waals surface area contributed by atoms with Crippen molar-refractivity contribution < 1.29 is 5.11 Å². The molecule has 0 atom stereocenters. The molecule has 0 saturated heterocycles. The Balaban J connectivity index is 7.07. The van der Waals surface area contributed by atoms with Gasteiger partial charge in [-0.1, -0.05) is 107 Å².